The molecule has 1 aromatic carbocycles. The highest BCUT2D eigenvalue weighted by Gasteiger charge is 2.23. The molecule has 0 aliphatic carbocycles. The van der Waals surface area contributed by atoms with E-state index < -0.39 is 0 Å². The normalized spacial score (nSPS) is 12.7. The Bertz CT molecular complexity index is 773. The molecule has 2 heterocycles. The van der Waals surface area contributed by atoms with E-state index >= 15 is 0 Å². The van der Waals surface area contributed by atoms with Crippen molar-refractivity contribution >= 4 is 32.9 Å². The van der Waals surface area contributed by atoms with Crippen LogP contribution in [0.5, 0.6) is 0 Å². The Morgan fingerprint density at radius 3 is 2.77 bits per heavy atom. The van der Waals surface area contributed by atoms with Crippen molar-refractivity contribution in [2.45, 2.75) is 19.9 Å². The SMILES string of the molecule is CC(C)C(NC(=O)c1coc(Br)c1)c1nc2ccccc2[nH]1. The van der Waals surface area contributed by atoms with E-state index in [1.54, 1.807) is 6.07 Å². The molecule has 1 amide bonds. The maximum absolute atomic E-state index is 12.3. The van der Waals surface area contributed by atoms with Gasteiger partial charge in [-0.15, -0.1) is 0 Å². The molecule has 5 nitrogen and oxygen atoms in total. The van der Waals surface area contributed by atoms with E-state index in [0.717, 1.165) is 16.9 Å². The predicted molar refractivity (Wildman–Crippen MR) is 87.5 cm³/mol. The Hall–Kier alpha value is -2.08. The average molecular weight is 362 g/mol. The summed E-state index contributed by atoms with van der Waals surface area (Å²) < 4.78 is 5.64. The van der Waals surface area contributed by atoms with Crippen LogP contribution < -0.4 is 5.32 Å². The van der Waals surface area contributed by atoms with E-state index in [1.165, 1.54) is 6.26 Å². The van der Waals surface area contributed by atoms with Gasteiger partial charge in [0.1, 0.15) is 12.1 Å². The smallest absolute Gasteiger partial charge is 0.255 e. The van der Waals surface area contributed by atoms with Gasteiger partial charge in [0.15, 0.2) is 4.67 Å². The first-order valence-corrected chi connectivity index (χ1v) is 7.83. The summed E-state index contributed by atoms with van der Waals surface area (Å²) in [6.07, 6.45) is 1.43. The van der Waals surface area contributed by atoms with Gasteiger partial charge >= 0.3 is 0 Å². The Kier molecular flexibility index (Phi) is 4.02. The molecule has 0 aliphatic heterocycles. The fourth-order valence-corrected chi connectivity index (χ4v) is 2.66. The summed E-state index contributed by atoms with van der Waals surface area (Å²) in [4.78, 5) is 20.2. The molecule has 0 saturated carbocycles. The number of H-pyrrole nitrogens is 1. The first kappa shape index (κ1) is 14.8. The van der Waals surface area contributed by atoms with Gasteiger partial charge in [-0.3, -0.25) is 4.79 Å². The number of halogens is 1. The minimum Gasteiger partial charge on any atom is -0.457 e. The van der Waals surface area contributed by atoms with Crippen LogP contribution >= 0.6 is 15.9 Å². The molecule has 0 spiro atoms. The van der Waals surface area contributed by atoms with Gasteiger partial charge in [0, 0.05) is 6.07 Å². The van der Waals surface area contributed by atoms with E-state index in [-0.39, 0.29) is 17.9 Å². The van der Waals surface area contributed by atoms with Crippen LogP contribution in [0.4, 0.5) is 0 Å². The Labute approximate surface area is 136 Å². The van der Waals surface area contributed by atoms with Crippen molar-refractivity contribution < 1.29 is 9.21 Å². The van der Waals surface area contributed by atoms with Crippen LogP contribution in [0.15, 0.2) is 45.7 Å². The van der Waals surface area contributed by atoms with Crippen LogP contribution in [0, 0.1) is 5.92 Å². The molecule has 6 heteroatoms. The lowest BCUT2D eigenvalue weighted by Crippen LogP contribution is -2.32. The van der Waals surface area contributed by atoms with Crippen molar-refractivity contribution in [3.05, 3.63) is 52.7 Å². The van der Waals surface area contributed by atoms with Crippen LogP contribution in [-0.4, -0.2) is 15.9 Å². The lowest BCUT2D eigenvalue weighted by molar-refractivity contribution is 0.0922. The second-order valence-electron chi connectivity index (χ2n) is 5.47. The van der Waals surface area contributed by atoms with Gasteiger partial charge < -0.3 is 14.7 Å². The van der Waals surface area contributed by atoms with Gasteiger partial charge in [0.2, 0.25) is 0 Å². The van der Waals surface area contributed by atoms with E-state index in [9.17, 15) is 4.79 Å². The number of benzene rings is 1. The standard InChI is InChI=1S/C16H16BrN3O2/c1-9(2)14(20-16(21)10-7-13(17)22-8-10)15-18-11-5-3-4-6-12(11)19-15/h3-9,14H,1-2H3,(H,18,19)(H,20,21). The number of fused-ring (bicyclic) bond motifs is 1. The number of nitrogens with zero attached hydrogens (tertiary/aromatic N) is 1. The number of amides is 1. The number of para-hydroxylation sites is 2. The number of carbonyl (C=O) groups is 1. The molecular formula is C16H16BrN3O2. The van der Waals surface area contributed by atoms with Crippen LogP contribution in [0.2, 0.25) is 0 Å². The molecule has 0 bridgehead atoms. The largest absolute Gasteiger partial charge is 0.457 e. The molecule has 1 unspecified atom stereocenters. The topological polar surface area (TPSA) is 70.9 Å². The van der Waals surface area contributed by atoms with Crippen molar-refractivity contribution in [3.8, 4) is 0 Å². The molecule has 3 aromatic rings. The zero-order valence-corrected chi connectivity index (χ0v) is 13.8. The number of nitrogens with one attached hydrogen (secondary N) is 2. The molecular weight excluding hydrogens is 346 g/mol. The first-order valence-electron chi connectivity index (χ1n) is 7.04. The fraction of sp³-hybridized carbons (Fsp3) is 0.250. The third-order valence-electron chi connectivity index (χ3n) is 3.49. The molecule has 1 atom stereocenters. The quantitative estimate of drug-likeness (QED) is 0.736. The highest BCUT2D eigenvalue weighted by atomic mass is 79.9. The third kappa shape index (κ3) is 2.92. The lowest BCUT2D eigenvalue weighted by Gasteiger charge is -2.19. The Morgan fingerprint density at radius 2 is 2.14 bits per heavy atom. The van der Waals surface area contributed by atoms with Crippen LogP contribution in [0.3, 0.4) is 0 Å². The number of aromatic nitrogens is 2. The zero-order valence-electron chi connectivity index (χ0n) is 12.3. The monoisotopic (exact) mass is 361 g/mol. The van der Waals surface area contributed by atoms with Gasteiger partial charge in [-0.1, -0.05) is 26.0 Å². The molecule has 0 aliphatic rings. The molecule has 22 heavy (non-hydrogen) atoms. The summed E-state index contributed by atoms with van der Waals surface area (Å²) in [6, 6.07) is 9.26. The summed E-state index contributed by atoms with van der Waals surface area (Å²) in [7, 11) is 0. The summed E-state index contributed by atoms with van der Waals surface area (Å²) in [5, 5.41) is 3.01. The molecule has 0 saturated heterocycles. The third-order valence-corrected chi connectivity index (χ3v) is 3.90. The second-order valence-corrected chi connectivity index (χ2v) is 6.26. The maximum atomic E-state index is 12.3. The highest BCUT2D eigenvalue weighted by Crippen LogP contribution is 2.23. The fourth-order valence-electron chi connectivity index (χ4n) is 2.32. The van der Waals surface area contributed by atoms with Crippen LogP contribution in [-0.2, 0) is 0 Å². The van der Waals surface area contributed by atoms with Gasteiger partial charge in [0.05, 0.1) is 22.6 Å². The molecule has 114 valence electrons. The van der Waals surface area contributed by atoms with E-state index in [4.69, 9.17) is 4.42 Å². The number of hydrogen-bond donors (Lipinski definition) is 2. The van der Waals surface area contributed by atoms with Crippen molar-refractivity contribution in [2.75, 3.05) is 0 Å². The van der Waals surface area contributed by atoms with Crippen LogP contribution in [0.25, 0.3) is 11.0 Å². The zero-order chi connectivity index (χ0) is 15.7. The van der Waals surface area contributed by atoms with Crippen molar-refractivity contribution in [3.63, 3.8) is 0 Å². The molecule has 2 N–H and O–H groups in total. The maximum Gasteiger partial charge on any atom is 0.255 e. The summed E-state index contributed by atoms with van der Waals surface area (Å²) in [5.74, 6) is 0.764. The summed E-state index contributed by atoms with van der Waals surface area (Å²) >= 11 is 3.20. The molecule has 2 aromatic heterocycles. The second kappa shape index (κ2) is 5.96. The highest BCUT2D eigenvalue weighted by molar-refractivity contribution is 9.10. The van der Waals surface area contributed by atoms with E-state index in [1.807, 2.05) is 38.1 Å². The minimum atomic E-state index is -0.200. The lowest BCUT2D eigenvalue weighted by atomic mass is 10.0. The van der Waals surface area contributed by atoms with Gasteiger partial charge in [-0.05, 0) is 34.0 Å². The van der Waals surface area contributed by atoms with Crippen molar-refractivity contribution in [1.82, 2.24) is 15.3 Å². The average Bonchev–Trinajstić information content (AvgIpc) is 3.09. The number of carbonyl (C=O) groups excluding carboxylic acids is 1. The number of hydrogen-bond acceptors (Lipinski definition) is 3. The Balaban J connectivity index is 1.88. The first-order chi connectivity index (χ1) is 10.5. The molecule has 3 rings (SSSR count). The van der Waals surface area contributed by atoms with E-state index in [2.05, 4.69) is 31.2 Å². The number of furan rings is 1. The predicted octanol–water partition coefficient (Wildman–Crippen LogP) is 4.05. The van der Waals surface area contributed by atoms with Gasteiger partial charge in [-0.2, -0.15) is 0 Å². The number of imidazole rings is 1. The summed E-state index contributed by atoms with van der Waals surface area (Å²) in [5.41, 5.74) is 2.33. The van der Waals surface area contributed by atoms with Crippen molar-refractivity contribution in [1.29, 1.82) is 0 Å². The molecule has 0 fully saturated rings. The summed E-state index contributed by atoms with van der Waals surface area (Å²) in [6.45, 7) is 4.09. The van der Waals surface area contributed by atoms with Gasteiger partial charge in [-0.25, -0.2) is 4.98 Å². The van der Waals surface area contributed by atoms with Crippen LogP contribution in [0.1, 0.15) is 36.1 Å². The van der Waals surface area contributed by atoms with E-state index in [0.29, 0.717) is 10.2 Å². The van der Waals surface area contributed by atoms with Gasteiger partial charge in [0.25, 0.3) is 5.91 Å². The number of aromatic amines is 1. The molecule has 0 radical (unpaired) electrons. The van der Waals surface area contributed by atoms with Crippen molar-refractivity contribution in [2.24, 2.45) is 5.92 Å². The minimum absolute atomic E-state index is 0.186. The number of rotatable bonds is 4. The Morgan fingerprint density at radius 1 is 1.36 bits per heavy atom.